The first-order valence-electron chi connectivity index (χ1n) is 7.28. The minimum Gasteiger partial charge on any atom is -0.463 e. The van der Waals surface area contributed by atoms with Crippen LogP contribution in [0.25, 0.3) is 11.5 Å². The van der Waals surface area contributed by atoms with Gasteiger partial charge >= 0.3 is 0 Å². The van der Waals surface area contributed by atoms with Crippen LogP contribution in [0.1, 0.15) is 24.8 Å². The van der Waals surface area contributed by atoms with Gasteiger partial charge in [0.1, 0.15) is 17.2 Å². The highest BCUT2D eigenvalue weighted by atomic mass is 32.1. The van der Waals surface area contributed by atoms with Crippen LogP contribution < -0.4 is 10.9 Å². The minimum atomic E-state index is -0.396. The number of rotatable bonds is 5. The number of nitrogens with one attached hydrogen (secondary N) is 1. The molecule has 0 bridgehead atoms. The molecule has 0 spiro atoms. The third-order valence-corrected chi connectivity index (χ3v) is 4.25. The molecule has 0 aliphatic rings. The Hall–Kier alpha value is -2.81. The van der Waals surface area contributed by atoms with E-state index in [1.165, 1.54) is 23.7 Å². The summed E-state index contributed by atoms with van der Waals surface area (Å²) >= 11 is 1.31. The molecule has 1 N–H and O–H groups in total. The van der Waals surface area contributed by atoms with Crippen LogP contribution in [0.15, 0.2) is 39.7 Å². The molecule has 8 nitrogen and oxygen atoms in total. The van der Waals surface area contributed by atoms with E-state index in [0.29, 0.717) is 16.6 Å². The molecule has 3 aromatic rings. The van der Waals surface area contributed by atoms with Crippen molar-refractivity contribution in [3.8, 4) is 11.5 Å². The molecule has 0 radical (unpaired) electrons. The Bertz CT molecular complexity index is 898. The number of furan rings is 1. The zero-order valence-electron chi connectivity index (χ0n) is 13.1. The van der Waals surface area contributed by atoms with Gasteiger partial charge in [0.25, 0.3) is 5.56 Å². The Morgan fingerprint density at radius 2 is 2.17 bits per heavy atom. The van der Waals surface area contributed by atoms with Gasteiger partial charge in [0.15, 0.2) is 5.76 Å². The number of amides is 1. The molecule has 3 heterocycles. The van der Waals surface area contributed by atoms with Crippen LogP contribution in [-0.2, 0) is 11.3 Å². The Labute approximate surface area is 141 Å². The standard InChI is InChI=1S/C15H15N5O3S/c1-9(2)14-17-18-15(24-14)16-12(21)8-20-13(22)6-5-10(19-20)11-4-3-7-23-11/h3-7,9H,8H2,1-2H3,(H,16,18,21). The Balaban J connectivity index is 1.74. The van der Waals surface area contributed by atoms with Crippen molar-refractivity contribution >= 4 is 22.4 Å². The van der Waals surface area contributed by atoms with E-state index in [1.807, 2.05) is 13.8 Å². The summed E-state index contributed by atoms with van der Waals surface area (Å²) in [4.78, 5) is 24.0. The van der Waals surface area contributed by atoms with Crippen molar-refractivity contribution in [2.45, 2.75) is 26.3 Å². The smallest absolute Gasteiger partial charge is 0.267 e. The van der Waals surface area contributed by atoms with Crippen LogP contribution in [0.3, 0.4) is 0 Å². The predicted octanol–water partition coefficient (Wildman–Crippen LogP) is 2.12. The summed E-state index contributed by atoms with van der Waals surface area (Å²) in [7, 11) is 0. The van der Waals surface area contributed by atoms with E-state index in [4.69, 9.17) is 4.42 Å². The maximum atomic E-state index is 12.1. The highest BCUT2D eigenvalue weighted by Crippen LogP contribution is 2.22. The average Bonchev–Trinajstić information content (AvgIpc) is 3.20. The van der Waals surface area contributed by atoms with Gasteiger partial charge in [-0.05, 0) is 18.2 Å². The molecule has 9 heteroatoms. The van der Waals surface area contributed by atoms with Gasteiger partial charge in [-0.2, -0.15) is 5.10 Å². The number of carbonyl (C=O) groups is 1. The first-order valence-corrected chi connectivity index (χ1v) is 8.10. The van der Waals surface area contributed by atoms with Crippen LogP contribution in [0.4, 0.5) is 5.13 Å². The zero-order chi connectivity index (χ0) is 17.1. The van der Waals surface area contributed by atoms with Gasteiger partial charge in [-0.3, -0.25) is 14.9 Å². The highest BCUT2D eigenvalue weighted by molar-refractivity contribution is 7.15. The lowest BCUT2D eigenvalue weighted by molar-refractivity contribution is -0.117. The van der Waals surface area contributed by atoms with E-state index in [1.54, 1.807) is 18.2 Å². The van der Waals surface area contributed by atoms with Crippen LogP contribution >= 0.6 is 11.3 Å². The average molecular weight is 345 g/mol. The third-order valence-electron chi connectivity index (χ3n) is 3.11. The maximum Gasteiger partial charge on any atom is 0.267 e. The lowest BCUT2D eigenvalue weighted by Crippen LogP contribution is -2.29. The first-order chi connectivity index (χ1) is 11.5. The van der Waals surface area contributed by atoms with Gasteiger partial charge in [0, 0.05) is 12.0 Å². The van der Waals surface area contributed by atoms with E-state index in [-0.39, 0.29) is 18.0 Å². The molecule has 0 fully saturated rings. The van der Waals surface area contributed by atoms with Gasteiger partial charge in [-0.25, -0.2) is 4.68 Å². The number of hydrogen-bond acceptors (Lipinski definition) is 7. The summed E-state index contributed by atoms with van der Waals surface area (Å²) in [6.07, 6.45) is 1.51. The quantitative estimate of drug-likeness (QED) is 0.760. The molecule has 0 aliphatic carbocycles. The van der Waals surface area contributed by atoms with E-state index in [2.05, 4.69) is 20.6 Å². The Morgan fingerprint density at radius 3 is 2.83 bits per heavy atom. The van der Waals surface area contributed by atoms with Crippen LogP contribution in [0.5, 0.6) is 0 Å². The summed E-state index contributed by atoms with van der Waals surface area (Å²) in [5.74, 6) is 0.366. The molecule has 0 atom stereocenters. The fraction of sp³-hybridized carbons (Fsp3) is 0.267. The van der Waals surface area contributed by atoms with Gasteiger partial charge in [-0.15, -0.1) is 10.2 Å². The normalized spacial score (nSPS) is 11.0. The summed E-state index contributed by atoms with van der Waals surface area (Å²) in [6.45, 7) is 3.77. The topological polar surface area (TPSA) is 103 Å². The monoisotopic (exact) mass is 345 g/mol. The molecule has 1 amide bonds. The SMILES string of the molecule is CC(C)c1nnc(NC(=O)Cn2nc(-c3ccco3)ccc2=O)s1. The van der Waals surface area contributed by atoms with E-state index in [0.717, 1.165) is 9.69 Å². The van der Waals surface area contributed by atoms with E-state index >= 15 is 0 Å². The van der Waals surface area contributed by atoms with Crippen molar-refractivity contribution in [2.75, 3.05) is 5.32 Å². The molecule has 0 aromatic carbocycles. The molecular weight excluding hydrogens is 330 g/mol. The molecule has 0 aliphatic heterocycles. The summed E-state index contributed by atoms with van der Waals surface area (Å²) < 4.78 is 6.33. The Kier molecular flexibility index (Phi) is 4.52. The van der Waals surface area contributed by atoms with Crippen molar-refractivity contribution in [3.05, 3.63) is 45.9 Å². The van der Waals surface area contributed by atoms with Crippen LogP contribution in [-0.4, -0.2) is 25.9 Å². The molecule has 3 rings (SSSR count). The molecule has 0 saturated carbocycles. The number of anilines is 1. The van der Waals surface area contributed by atoms with Gasteiger partial charge in [0.2, 0.25) is 11.0 Å². The first kappa shape index (κ1) is 16.1. The lowest BCUT2D eigenvalue weighted by Gasteiger charge is -2.05. The van der Waals surface area contributed by atoms with Crippen molar-refractivity contribution in [1.82, 2.24) is 20.0 Å². The van der Waals surface area contributed by atoms with E-state index < -0.39 is 5.91 Å². The summed E-state index contributed by atoms with van der Waals surface area (Å²) in [6, 6.07) is 6.35. The molecular formula is C15H15N5O3S. The summed E-state index contributed by atoms with van der Waals surface area (Å²) in [5.41, 5.74) is 0.103. The third kappa shape index (κ3) is 3.57. The van der Waals surface area contributed by atoms with Crippen LogP contribution in [0.2, 0.25) is 0 Å². The van der Waals surface area contributed by atoms with Crippen molar-refractivity contribution in [1.29, 1.82) is 0 Å². The predicted molar refractivity (Wildman–Crippen MR) is 88.8 cm³/mol. The van der Waals surface area contributed by atoms with Crippen LogP contribution in [0, 0.1) is 0 Å². The van der Waals surface area contributed by atoms with Gasteiger partial charge in [0.05, 0.1) is 6.26 Å². The number of aromatic nitrogens is 4. The largest absolute Gasteiger partial charge is 0.463 e. The van der Waals surface area contributed by atoms with E-state index in [9.17, 15) is 9.59 Å². The molecule has 24 heavy (non-hydrogen) atoms. The fourth-order valence-corrected chi connectivity index (χ4v) is 2.69. The highest BCUT2D eigenvalue weighted by Gasteiger charge is 2.13. The fourth-order valence-electron chi connectivity index (χ4n) is 1.93. The van der Waals surface area contributed by atoms with Gasteiger partial charge in [-0.1, -0.05) is 25.2 Å². The van der Waals surface area contributed by atoms with Crippen molar-refractivity contribution < 1.29 is 9.21 Å². The molecule has 0 saturated heterocycles. The summed E-state index contributed by atoms with van der Waals surface area (Å²) in [5, 5.41) is 15.9. The van der Waals surface area contributed by atoms with Gasteiger partial charge < -0.3 is 4.42 Å². The number of hydrogen-bond donors (Lipinski definition) is 1. The Morgan fingerprint density at radius 1 is 1.33 bits per heavy atom. The molecule has 3 aromatic heterocycles. The second-order valence-electron chi connectivity index (χ2n) is 5.34. The zero-order valence-corrected chi connectivity index (χ0v) is 13.9. The molecule has 124 valence electrons. The minimum absolute atomic E-state index is 0.218. The molecule has 0 unspecified atom stereocenters. The second kappa shape index (κ2) is 6.75. The number of nitrogens with zero attached hydrogens (tertiary/aromatic N) is 4. The lowest BCUT2D eigenvalue weighted by atomic mass is 10.2. The maximum absolute atomic E-state index is 12.1. The van der Waals surface area contributed by atoms with Crippen molar-refractivity contribution in [3.63, 3.8) is 0 Å². The number of carbonyl (C=O) groups excluding carboxylic acids is 1. The van der Waals surface area contributed by atoms with Crippen molar-refractivity contribution in [2.24, 2.45) is 0 Å². The second-order valence-corrected chi connectivity index (χ2v) is 6.35.